The van der Waals surface area contributed by atoms with Crippen LogP contribution in [0.5, 0.6) is 0 Å². The summed E-state index contributed by atoms with van der Waals surface area (Å²) in [5, 5.41) is 7.21. The Morgan fingerprint density at radius 1 is 1.11 bits per heavy atom. The zero-order chi connectivity index (χ0) is 25.9. The number of ether oxygens (including phenoxy) is 1. The van der Waals surface area contributed by atoms with Gasteiger partial charge in [0.15, 0.2) is 0 Å². The SMILES string of the molecule is Cc1cc(C(=O)Nc2cc(C(OCC3CC3)c3cccc(N)c3)ccc2F)n(-c2cccc(CN)c2)n1. The van der Waals surface area contributed by atoms with Crippen LogP contribution in [-0.2, 0) is 11.3 Å². The average Bonchev–Trinajstić information content (AvgIpc) is 3.64. The molecule has 1 amide bonds. The van der Waals surface area contributed by atoms with Gasteiger partial charge in [-0.2, -0.15) is 5.10 Å². The lowest BCUT2D eigenvalue weighted by atomic mass is 10.00. The molecule has 37 heavy (non-hydrogen) atoms. The number of rotatable bonds is 9. The summed E-state index contributed by atoms with van der Waals surface area (Å²) >= 11 is 0. The fourth-order valence-electron chi connectivity index (χ4n) is 4.29. The number of halogens is 1. The second-order valence-electron chi connectivity index (χ2n) is 9.48. The van der Waals surface area contributed by atoms with Gasteiger partial charge in [-0.1, -0.05) is 30.3 Å². The van der Waals surface area contributed by atoms with Crippen molar-refractivity contribution in [3.8, 4) is 5.69 Å². The van der Waals surface area contributed by atoms with Crippen molar-refractivity contribution in [1.29, 1.82) is 0 Å². The number of nitrogens with two attached hydrogens (primary N) is 2. The first-order valence-electron chi connectivity index (χ1n) is 12.3. The van der Waals surface area contributed by atoms with Crippen molar-refractivity contribution in [1.82, 2.24) is 9.78 Å². The molecule has 190 valence electrons. The van der Waals surface area contributed by atoms with Crippen LogP contribution in [0.3, 0.4) is 0 Å². The Kier molecular flexibility index (Phi) is 7.03. The van der Waals surface area contributed by atoms with Crippen molar-refractivity contribution in [2.75, 3.05) is 17.7 Å². The molecule has 1 atom stereocenters. The number of anilines is 2. The summed E-state index contributed by atoms with van der Waals surface area (Å²) in [7, 11) is 0. The summed E-state index contributed by atoms with van der Waals surface area (Å²) in [6, 6.07) is 21.3. The van der Waals surface area contributed by atoms with Crippen LogP contribution in [0.2, 0.25) is 0 Å². The molecule has 7 nitrogen and oxygen atoms in total. The van der Waals surface area contributed by atoms with Gasteiger partial charge in [0.25, 0.3) is 5.91 Å². The Labute approximate surface area is 215 Å². The van der Waals surface area contributed by atoms with E-state index in [2.05, 4.69) is 10.4 Å². The number of amides is 1. The van der Waals surface area contributed by atoms with Crippen molar-refractivity contribution in [3.05, 3.63) is 107 Å². The second kappa shape index (κ2) is 10.5. The van der Waals surface area contributed by atoms with Crippen LogP contribution in [0, 0.1) is 18.7 Å². The average molecular weight is 500 g/mol. The molecule has 0 saturated heterocycles. The molecule has 1 saturated carbocycles. The Hall–Kier alpha value is -4.01. The molecule has 8 heteroatoms. The molecule has 1 aromatic heterocycles. The monoisotopic (exact) mass is 499 g/mol. The van der Waals surface area contributed by atoms with E-state index in [0.29, 0.717) is 36.1 Å². The van der Waals surface area contributed by atoms with E-state index in [1.807, 2.05) is 48.5 Å². The third kappa shape index (κ3) is 5.71. The number of benzene rings is 3. The van der Waals surface area contributed by atoms with E-state index in [4.69, 9.17) is 16.2 Å². The summed E-state index contributed by atoms with van der Waals surface area (Å²) in [5.41, 5.74) is 16.6. The molecule has 0 bridgehead atoms. The highest BCUT2D eigenvalue weighted by Gasteiger charge is 2.25. The molecule has 1 aliphatic carbocycles. The number of hydrogen-bond acceptors (Lipinski definition) is 5. The molecule has 4 aromatic rings. The molecule has 5 rings (SSSR count). The number of nitrogens with one attached hydrogen (secondary N) is 1. The zero-order valence-electron chi connectivity index (χ0n) is 20.7. The molecule has 1 heterocycles. The number of nitrogens with zero attached hydrogens (tertiary/aromatic N) is 2. The highest BCUT2D eigenvalue weighted by molar-refractivity contribution is 6.03. The van der Waals surface area contributed by atoms with Crippen molar-refractivity contribution >= 4 is 17.3 Å². The van der Waals surface area contributed by atoms with Crippen LogP contribution in [0.25, 0.3) is 5.69 Å². The molecule has 1 fully saturated rings. The van der Waals surface area contributed by atoms with Crippen molar-refractivity contribution in [2.24, 2.45) is 11.7 Å². The van der Waals surface area contributed by atoms with Crippen LogP contribution < -0.4 is 16.8 Å². The van der Waals surface area contributed by atoms with Gasteiger partial charge in [0.2, 0.25) is 0 Å². The van der Waals surface area contributed by atoms with Gasteiger partial charge in [-0.05, 0) is 84.8 Å². The number of aryl methyl sites for hydroxylation is 1. The Morgan fingerprint density at radius 3 is 2.65 bits per heavy atom. The molecule has 5 N–H and O–H groups in total. The number of aromatic nitrogens is 2. The molecular formula is C29H30FN5O2. The van der Waals surface area contributed by atoms with E-state index in [0.717, 1.165) is 29.5 Å². The number of carbonyl (C=O) groups excluding carboxylic acids is 1. The third-order valence-corrected chi connectivity index (χ3v) is 6.41. The third-order valence-electron chi connectivity index (χ3n) is 6.41. The Morgan fingerprint density at radius 2 is 1.89 bits per heavy atom. The van der Waals surface area contributed by atoms with Gasteiger partial charge in [0.05, 0.1) is 23.7 Å². The predicted octanol–water partition coefficient (Wildman–Crippen LogP) is 5.13. The first-order valence-corrected chi connectivity index (χ1v) is 12.3. The van der Waals surface area contributed by atoms with Gasteiger partial charge in [0.1, 0.15) is 17.6 Å². The molecule has 0 aliphatic heterocycles. The van der Waals surface area contributed by atoms with Crippen LogP contribution in [0.4, 0.5) is 15.8 Å². The van der Waals surface area contributed by atoms with E-state index in [9.17, 15) is 9.18 Å². The maximum atomic E-state index is 14.9. The Bertz CT molecular complexity index is 1430. The van der Waals surface area contributed by atoms with E-state index < -0.39 is 17.8 Å². The summed E-state index contributed by atoms with van der Waals surface area (Å²) in [6.07, 6.45) is 1.86. The summed E-state index contributed by atoms with van der Waals surface area (Å²) in [4.78, 5) is 13.3. The highest BCUT2D eigenvalue weighted by Crippen LogP contribution is 2.35. The summed E-state index contributed by atoms with van der Waals surface area (Å²) in [6.45, 7) is 2.78. The number of nitrogen functional groups attached to an aromatic ring is 1. The van der Waals surface area contributed by atoms with Crippen LogP contribution >= 0.6 is 0 Å². The van der Waals surface area contributed by atoms with Gasteiger partial charge in [0, 0.05) is 12.2 Å². The normalized spacial score (nSPS) is 13.9. The number of hydrogen-bond donors (Lipinski definition) is 3. The standard InChI is InChI=1S/C29H30FN5O2/c1-18-12-27(35(34-18)24-7-2-4-20(13-24)16-31)29(36)33-26-15-22(10-11-25(26)30)28(37-17-19-8-9-19)21-5-3-6-23(32)14-21/h2-7,10-15,19,28H,8-9,16-17,31-32H2,1H3,(H,33,36). The topological polar surface area (TPSA) is 108 Å². The molecule has 0 spiro atoms. The molecule has 3 aromatic carbocycles. The van der Waals surface area contributed by atoms with Gasteiger partial charge in [-0.25, -0.2) is 9.07 Å². The second-order valence-corrected chi connectivity index (χ2v) is 9.48. The van der Waals surface area contributed by atoms with Gasteiger partial charge < -0.3 is 21.5 Å². The van der Waals surface area contributed by atoms with Crippen LogP contribution in [-0.4, -0.2) is 22.3 Å². The lowest BCUT2D eigenvalue weighted by Crippen LogP contribution is -2.18. The van der Waals surface area contributed by atoms with Gasteiger partial charge >= 0.3 is 0 Å². The maximum absolute atomic E-state index is 14.9. The largest absolute Gasteiger partial charge is 0.399 e. The fraction of sp³-hybridized carbons (Fsp3) is 0.241. The minimum absolute atomic E-state index is 0.0625. The molecule has 1 aliphatic rings. The molecular weight excluding hydrogens is 469 g/mol. The van der Waals surface area contributed by atoms with E-state index in [1.165, 1.54) is 6.07 Å². The summed E-state index contributed by atoms with van der Waals surface area (Å²) in [5.74, 6) is -0.475. The van der Waals surface area contributed by atoms with Crippen LogP contribution in [0.1, 0.15) is 51.8 Å². The Balaban J connectivity index is 1.44. The van der Waals surface area contributed by atoms with Gasteiger partial charge in [-0.15, -0.1) is 0 Å². The lowest BCUT2D eigenvalue weighted by molar-refractivity contribution is 0.0718. The fourth-order valence-corrected chi connectivity index (χ4v) is 4.29. The lowest BCUT2D eigenvalue weighted by Gasteiger charge is -2.20. The van der Waals surface area contributed by atoms with E-state index >= 15 is 0 Å². The molecule has 0 radical (unpaired) electrons. The first-order chi connectivity index (χ1) is 17.9. The highest BCUT2D eigenvalue weighted by atomic mass is 19.1. The van der Waals surface area contributed by atoms with Crippen molar-refractivity contribution in [2.45, 2.75) is 32.4 Å². The summed E-state index contributed by atoms with van der Waals surface area (Å²) < 4.78 is 22.7. The van der Waals surface area contributed by atoms with Crippen molar-refractivity contribution in [3.63, 3.8) is 0 Å². The zero-order valence-corrected chi connectivity index (χ0v) is 20.7. The first kappa shape index (κ1) is 24.7. The predicted molar refractivity (Wildman–Crippen MR) is 142 cm³/mol. The number of carbonyl (C=O) groups is 1. The van der Waals surface area contributed by atoms with Gasteiger partial charge in [-0.3, -0.25) is 4.79 Å². The smallest absolute Gasteiger partial charge is 0.274 e. The maximum Gasteiger partial charge on any atom is 0.274 e. The quantitative estimate of drug-likeness (QED) is 0.277. The van der Waals surface area contributed by atoms with E-state index in [1.54, 1.807) is 29.8 Å². The minimum atomic E-state index is -0.543. The van der Waals surface area contributed by atoms with E-state index in [-0.39, 0.29) is 11.4 Å². The van der Waals surface area contributed by atoms with Crippen LogP contribution in [0.15, 0.2) is 72.8 Å². The minimum Gasteiger partial charge on any atom is -0.399 e. The van der Waals surface area contributed by atoms with Crippen molar-refractivity contribution < 1.29 is 13.9 Å². The molecule has 1 unspecified atom stereocenters.